The Labute approximate surface area is 209 Å². The smallest absolute Gasteiger partial charge is 0.178 e. The van der Waals surface area contributed by atoms with Crippen LogP contribution in [-0.2, 0) is 10.8 Å². The van der Waals surface area contributed by atoms with Gasteiger partial charge in [-0.25, -0.2) is 9.97 Å². The second kappa shape index (κ2) is 8.53. The number of hydrogen-bond acceptors (Lipinski definition) is 4. The summed E-state index contributed by atoms with van der Waals surface area (Å²) in [5, 5.41) is 0. The van der Waals surface area contributed by atoms with Gasteiger partial charge in [-0.2, -0.15) is 0 Å². The first kappa shape index (κ1) is 23.1. The fourth-order valence-corrected chi connectivity index (χ4v) is 4.51. The van der Waals surface area contributed by atoms with Crippen molar-refractivity contribution in [1.82, 2.24) is 9.97 Å². The van der Waals surface area contributed by atoms with E-state index >= 15 is 0 Å². The Morgan fingerprint density at radius 3 is 1.69 bits per heavy atom. The Bertz CT molecular complexity index is 1310. The number of anilines is 4. The Morgan fingerprint density at radius 2 is 1.11 bits per heavy atom. The topological polar surface area (TPSA) is 32.3 Å². The molecule has 0 saturated heterocycles. The normalized spacial score (nSPS) is 13.8. The number of aromatic nitrogens is 2. The van der Waals surface area contributed by atoms with E-state index in [9.17, 15) is 0 Å². The molecule has 5 rings (SSSR count). The molecule has 0 radical (unpaired) electrons. The van der Waals surface area contributed by atoms with Gasteiger partial charge in [0, 0.05) is 23.8 Å². The summed E-state index contributed by atoms with van der Waals surface area (Å²) in [5.74, 6) is 1.76. The number of rotatable bonds is 3. The van der Waals surface area contributed by atoms with Crippen molar-refractivity contribution < 1.29 is 0 Å². The van der Waals surface area contributed by atoms with Crippen LogP contribution in [0.25, 0.3) is 11.1 Å². The highest BCUT2D eigenvalue weighted by molar-refractivity contribution is 5.83. The molecule has 0 bridgehead atoms. The molecule has 4 nitrogen and oxygen atoms in total. The molecule has 1 aliphatic heterocycles. The van der Waals surface area contributed by atoms with Crippen LogP contribution in [0, 0.1) is 0 Å². The van der Waals surface area contributed by atoms with E-state index in [0.717, 1.165) is 23.0 Å². The van der Waals surface area contributed by atoms with Gasteiger partial charge in [0.2, 0.25) is 0 Å². The number of para-hydroxylation sites is 1. The van der Waals surface area contributed by atoms with E-state index in [1.54, 1.807) is 12.4 Å². The standard InChI is InChI=1S/C31H34N4/c1-30(2,3)24-17-23(18-25(20-24)31(4,5)6)22-11-10-14-27(19-22)35-21-34(26-12-8-7-9-13-26)28-29(35)33-16-15-32-28/h7-20H,21H2,1-6H3. The van der Waals surface area contributed by atoms with Gasteiger partial charge < -0.3 is 9.80 Å². The average Bonchev–Trinajstić information content (AvgIpc) is 3.23. The highest BCUT2D eigenvalue weighted by Crippen LogP contribution is 2.42. The molecule has 35 heavy (non-hydrogen) atoms. The van der Waals surface area contributed by atoms with Crippen LogP contribution in [0.2, 0.25) is 0 Å². The molecule has 0 N–H and O–H groups in total. The molecule has 0 amide bonds. The first-order chi connectivity index (χ1) is 16.6. The molecule has 0 spiro atoms. The van der Waals surface area contributed by atoms with Gasteiger partial charge in [-0.3, -0.25) is 0 Å². The predicted molar refractivity (Wildman–Crippen MR) is 147 cm³/mol. The van der Waals surface area contributed by atoms with E-state index in [0.29, 0.717) is 6.67 Å². The van der Waals surface area contributed by atoms with Crippen LogP contribution in [0.4, 0.5) is 23.0 Å². The lowest BCUT2D eigenvalue weighted by atomic mass is 9.79. The van der Waals surface area contributed by atoms with Crippen LogP contribution in [-0.4, -0.2) is 16.6 Å². The fourth-order valence-electron chi connectivity index (χ4n) is 4.51. The third kappa shape index (κ3) is 4.53. The zero-order valence-corrected chi connectivity index (χ0v) is 21.6. The van der Waals surface area contributed by atoms with Gasteiger partial charge in [-0.15, -0.1) is 0 Å². The summed E-state index contributed by atoms with van der Waals surface area (Å²) in [6, 6.07) is 26.3. The van der Waals surface area contributed by atoms with Crippen molar-refractivity contribution in [3.05, 3.63) is 96.3 Å². The Kier molecular flexibility index (Phi) is 5.63. The molecule has 2 heterocycles. The second-order valence-corrected chi connectivity index (χ2v) is 11.4. The molecular weight excluding hydrogens is 428 g/mol. The minimum Gasteiger partial charge on any atom is -0.305 e. The molecule has 4 heteroatoms. The summed E-state index contributed by atoms with van der Waals surface area (Å²) in [5.41, 5.74) is 7.56. The van der Waals surface area contributed by atoms with Crippen LogP contribution in [0.15, 0.2) is 85.2 Å². The third-order valence-electron chi connectivity index (χ3n) is 6.68. The lowest BCUT2D eigenvalue weighted by Gasteiger charge is -2.26. The zero-order valence-electron chi connectivity index (χ0n) is 21.6. The van der Waals surface area contributed by atoms with Crippen molar-refractivity contribution in [2.45, 2.75) is 52.4 Å². The predicted octanol–water partition coefficient (Wildman–Crippen LogP) is 7.99. The van der Waals surface area contributed by atoms with Crippen molar-refractivity contribution in [3.63, 3.8) is 0 Å². The number of hydrogen-bond donors (Lipinski definition) is 0. The minimum atomic E-state index is 0.0767. The van der Waals surface area contributed by atoms with E-state index in [4.69, 9.17) is 4.98 Å². The highest BCUT2D eigenvalue weighted by Gasteiger charge is 2.30. The molecule has 3 aromatic carbocycles. The van der Waals surface area contributed by atoms with Gasteiger partial charge in [0.05, 0.1) is 0 Å². The number of benzene rings is 3. The lowest BCUT2D eigenvalue weighted by molar-refractivity contribution is 0.569. The fraction of sp³-hybridized carbons (Fsp3) is 0.290. The van der Waals surface area contributed by atoms with E-state index in [2.05, 4.69) is 123 Å². The van der Waals surface area contributed by atoms with Crippen LogP contribution < -0.4 is 9.80 Å². The van der Waals surface area contributed by atoms with Crippen molar-refractivity contribution in [2.24, 2.45) is 0 Å². The monoisotopic (exact) mass is 462 g/mol. The van der Waals surface area contributed by atoms with E-state index in [1.165, 1.54) is 22.3 Å². The Hall–Kier alpha value is -3.66. The summed E-state index contributed by atoms with van der Waals surface area (Å²) < 4.78 is 0. The van der Waals surface area contributed by atoms with Crippen LogP contribution >= 0.6 is 0 Å². The maximum atomic E-state index is 4.71. The first-order valence-electron chi connectivity index (χ1n) is 12.3. The van der Waals surface area contributed by atoms with Gasteiger partial charge in [-0.1, -0.05) is 90.1 Å². The molecule has 0 unspecified atom stereocenters. The summed E-state index contributed by atoms with van der Waals surface area (Å²) in [7, 11) is 0. The number of nitrogens with zero attached hydrogens (tertiary/aromatic N) is 4. The molecule has 1 aliphatic rings. The Balaban J connectivity index is 1.58. The third-order valence-corrected chi connectivity index (χ3v) is 6.68. The SMILES string of the molecule is CC(C)(C)c1cc(-c2cccc(N3CN(c4ccccc4)c4nccnc43)c2)cc(C(C)(C)C)c1. The Morgan fingerprint density at radius 1 is 0.571 bits per heavy atom. The zero-order chi connectivity index (χ0) is 24.8. The maximum absolute atomic E-state index is 4.71. The van der Waals surface area contributed by atoms with Gasteiger partial charge >= 0.3 is 0 Å². The first-order valence-corrected chi connectivity index (χ1v) is 12.3. The van der Waals surface area contributed by atoms with E-state index in [-0.39, 0.29) is 10.8 Å². The minimum absolute atomic E-state index is 0.0767. The molecule has 178 valence electrons. The largest absolute Gasteiger partial charge is 0.305 e. The quantitative estimate of drug-likeness (QED) is 0.309. The van der Waals surface area contributed by atoms with Crippen LogP contribution in [0.1, 0.15) is 52.7 Å². The summed E-state index contributed by atoms with van der Waals surface area (Å²) in [6.45, 7) is 14.4. The van der Waals surface area contributed by atoms with Crippen molar-refractivity contribution in [1.29, 1.82) is 0 Å². The lowest BCUT2D eigenvalue weighted by Crippen LogP contribution is -2.24. The summed E-state index contributed by atoms with van der Waals surface area (Å²) in [4.78, 5) is 13.8. The van der Waals surface area contributed by atoms with Crippen molar-refractivity contribution in [2.75, 3.05) is 16.5 Å². The highest BCUT2D eigenvalue weighted by atomic mass is 15.4. The van der Waals surface area contributed by atoms with E-state index < -0.39 is 0 Å². The molecule has 0 atom stereocenters. The second-order valence-electron chi connectivity index (χ2n) is 11.4. The van der Waals surface area contributed by atoms with E-state index in [1.807, 2.05) is 6.07 Å². The van der Waals surface area contributed by atoms with Gasteiger partial charge in [0.1, 0.15) is 6.67 Å². The molecule has 4 aromatic rings. The van der Waals surface area contributed by atoms with Crippen molar-refractivity contribution in [3.8, 4) is 11.1 Å². The summed E-state index contributed by atoms with van der Waals surface area (Å²) >= 11 is 0. The molecular formula is C31H34N4. The summed E-state index contributed by atoms with van der Waals surface area (Å²) in [6.07, 6.45) is 3.54. The van der Waals surface area contributed by atoms with Gasteiger partial charge in [0.25, 0.3) is 0 Å². The van der Waals surface area contributed by atoms with Crippen LogP contribution in [0.3, 0.4) is 0 Å². The molecule has 0 saturated carbocycles. The average molecular weight is 463 g/mol. The van der Waals surface area contributed by atoms with Crippen LogP contribution in [0.5, 0.6) is 0 Å². The molecule has 0 fully saturated rings. The molecule has 0 aliphatic carbocycles. The number of fused-ring (bicyclic) bond motifs is 1. The van der Waals surface area contributed by atoms with Crippen molar-refractivity contribution >= 4 is 23.0 Å². The van der Waals surface area contributed by atoms with Gasteiger partial charge in [0.15, 0.2) is 11.6 Å². The molecule has 1 aromatic heterocycles. The van der Waals surface area contributed by atoms with Gasteiger partial charge in [-0.05, 0) is 57.3 Å². The maximum Gasteiger partial charge on any atom is 0.178 e.